The summed E-state index contributed by atoms with van der Waals surface area (Å²) in [5.74, 6) is -1.63. The van der Waals surface area contributed by atoms with Crippen LogP contribution in [0.4, 0.5) is 0 Å². The van der Waals surface area contributed by atoms with Gasteiger partial charge in [-0.25, -0.2) is 16.8 Å². The van der Waals surface area contributed by atoms with E-state index in [4.69, 9.17) is 0 Å². The van der Waals surface area contributed by atoms with Crippen molar-refractivity contribution in [3.8, 4) is 0 Å². The zero-order valence-corrected chi connectivity index (χ0v) is 20.0. The molecule has 2 amide bonds. The summed E-state index contributed by atoms with van der Waals surface area (Å²) in [6.07, 6.45) is 1.37. The van der Waals surface area contributed by atoms with Crippen LogP contribution in [0.2, 0.25) is 0 Å². The van der Waals surface area contributed by atoms with Crippen molar-refractivity contribution in [1.82, 2.24) is 19.9 Å². The van der Waals surface area contributed by atoms with Crippen molar-refractivity contribution in [2.24, 2.45) is 0 Å². The summed E-state index contributed by atoms with van der Waals surface area (Å²) < 4.78 is 52.3. The molecule has 0 radical (unpaired) electrons. The molecule has 178 valence electrons. The number of benzene rings is 2. The summed E-state index contributed by atoms with van der Waals surface area (Å²) in [6, 6.07) is 13.7. The molecule has 12 heteroatoms. The molecule has 0 aliphatic heterocycles. The maximum absolute atomic E-state index is 12.5. The summed E-state index contributed by atoms with van der Waals surface area (Å²) in [4.78, 5) is 24.2. The number of amides is 2. The fraction of sp³-hybridized carbons (Fsp3) is 0.238. The predicted octanol–water partition coefficient (Wildman–Crippen LogP) is 0.742. The summed E-state index contributed by atoms with van der Waals surface area (Å²) in [5, 5.41) is 0.926. The Morgan fingerprint density at radius 2 is 1.58 bits per heavy atom. The number of sulfonamides is 2. The van der Waals surface area contributed by atoms with Crippen LogP contribution < -0.4 is 15.6 Å². The minimum absolute atomic E-state index is 0.0269. The van der Waals surface area contributed by atoms with E-state index in [2.05, 4.69) is 15.6 Å². The average molecular weight is 495 g/mol. The maximum atomic E-state index is 12.5. The highest BCUT2D eigenvalue weighted by molar-refractivity contribution is 7.92. The van der Waals surface area contributed by atoms with E-state index >= 15 is 0 Å². The van der Waals surface area contributed by atoms with Crippen LogP contribution in [0, 0.1) is 6.92 Å². The van der Waals surface area contributed by atoms with Crippen LogP contribution in [-0.4, -0.2) is 52.6 Å². The molecular weight excluding hydrogens is 468 g/mol. The Bertz CT molecular complexity index is 1210. The lowest BCUT2D eigenvalue weighted by Gasteiger charge is -2.18. The number of nitrogens with zero attached hydrogens (tertiary/aromatic N) is 1. The molecule has 0 saturated carbocycles. The van der Waals surface area contributed by atoms with Gasteiger partial charge in [-0.1, -0.05) is 48.0 Å². The van der Waals surface area contributed by atoms with E-state index in [9.17, 15) is 26.4 Å². The van der Waals surface area contributed by atoms with Gasteiger partial charge in [0.05, 0.1) is 17.5 Å². The molecule has 0 saturated heterocycles. The fourth-order valence-electron chi connectivity index (χ4n) is 2.53. The van der Waals surface area contributed by atoms with Crippen LogP contribution in [0.15, 0.2) is 64.9 Å². The first-order chi connectivity index (χ1) is 15.4. The number of hydrogen-bond donors (Lipinski definition) is 3. The van der Waals surface area contributed by atoms with Gasteiger partial charge in [-0.05, 0) is 37.6 Å². The van der Waals surface area contributed by atoms with Crippen molar-refractivity contribution in [3.05, 3.63) is 71.1 Å². The van der Waals surface area contributed by atoms with Crippen molar-refractivity contribution < 1.29 is 26.4 Å². The van der Waals surface area contributed by atoms with Gasteiger partial charge in [0.1, 0.15) is 0 Å². The van der Waals surface area contributed by atoms with Gasteiger partial charge in [-0.3, -0.25) is 20.4 Å². The zero-order chi connectivity index (χ0) is 24.6. The van der Waals surface area contributed by atoms with Crippen LogP contribution in [0.25, 0.3) is 6.08 Å². The maximum Gasteiger partial charge on any atom is 0.256 e. The van der Waals surface area contributed by atoms with Crippen molar-refractivity contribution >= 4 is 37.9 Å². The Labute approximate surface area is 193 Å². The van der Waals surface area contributed by atoms with Crippen molar-refractivity contribution in [1.29, 1.82) is 0 Å². The lowest BCUT2D eigenvalue weighted by Crippen LogP contribution is -2.52. The molecule has 0 spiro atoms. The SMILES string of the molecule is Cc1ccc(S(=O)(=O)N(C)CC(=O)NNC(=O)C(C)NS(=O)(=O)C=Cc2ccccc2)cc1. The Balaban J connectivity index is 1.86. The number of carbonyl (C=O) groups is 2. The molecule has 0 heterocycles. The summed E-state index contributed by atoms with van der Waals surface area (Å²) in [7, 11) is -6.60. The monoisotopic (exact) mass is 494 g/mol. The highest BCUT2D eigenvalue weighted by atomic mass is 32.2. The summed E-state index contributed by atoms with van der Waals surface area (Å²) in [5.41, 5.74) is 5.70. The first-order valence-corrected chi connectivity index (χ1v) is 12.8. The molecular formula is C21H26N4O6S2. The first-order valence-electron chi connectivity index (χ1n) is 9.78. The van der Waals surface area contributed by atoms with Crippen molar-refractivity contribution in [2.75, 3.05) is 13.6 Å². The molecule has 3 N–H and O–H groups in total. The molecule has 33 heavy (non-hydrogen) atoms. The van der Waals surface area contributed by atoms with Crippen molar-refractivity contribution in [2.45, 2.75) is 24.8 Å². The average Bonchev–Trinajstić information content (AvgIpc) is 2.76. The van der Waals surface area contributed by atoms with Crippen LogP contribution in [0.5, 0.6) is 0 Å². The molecule has 1 unspecified atom stereocenters. The third-order valence-corrected chi connectivity index (χ3v) is 7.39. The van der Waals surface area contributed by atoms with E-state index in [0.717, 1.165) is 15.3 Å². The van der Waals surface area contributed by atoms with Gasteiger partial charge in [0.2, 0.25) is 20.0 Å². The Morgan fingerprint density at radius 1 is 0.970 bits per heavy atom. The third kappa shape index (κ3) is 8.09. The fourth-order valence-corrected chi connectivity index (χ4v) is 4.67. The number of hydrazine groups is 1. The molecule has 0 aromatic heterocycles. The van der Waals surface area contributed by atoms with Gasteiger partial charge in [-0.2, -0.15) is 9.03 Å². The highest BCUT2D eigenvalue weighted by Crippen LogP contribution is 2.14. The van der Waals surface area contributed by atoms with Crippen LogP contribution in [0.1, 0.15) is 18.1 Å². The molecule has 0 bridgehead atoms. The van der Waals surface area contributed by atoms with E-state index < -0.39 is 44.4 Å². The molecule has 2 rings (SSSR count). The standard InChI is InChI=1S/C21H26N4O6S2/c1-16-9-11-19(12-10-16)33(30,31)25(3)15-20(26)22-23-21(27)17(2)24-32(28,29)14-13-18-7-5-4-6-8-18/h4-14,17,24H,15H2,1-3H3,(H,22,26)(H,23,27). The Morgan fingerprint density at radius 3 is 2.18 bits per heavy atom. The predicted molar refractivity (Wildman–Crippen MR) is 124 cm³/mol. The molecule has 2 aromatic rings. The van der Waals surface area contributed by atoms with Crippen LogP contribution >= 0.6 is 0 Å². The van der Waals surface area contributed by atoms with E-state index in [-0.39, 0.29) is 4.90 Å². The van der Waals surface area contributed by atoms with Crippen LogP contribution in [0.3, 0.4) is 0 Å². The molecule has 0 aliphatic carbocycles. The second-order valence-electron chi connectivity index (χ2n) is 7.21. The lowest BCUT2D eigenvalue weighted by atomic mass is 10.2. The largest absolute Gasteiger partial charge is 0.272 e. The second kappa shape index (κ2) is 11.2. The van der Waals surface area contributed by atoms with Gasteiger partial charge in [0.25, 0.3) is 11.8 Å². The van der Waals surface area contributed by atoms with E-state index in [1.165, 1.54) is 32.2 Å². The number of aryl methyl sites for hydroxylation is 1. The number of rotatable bonds is 9. The summed E-state index contributed by atoms with van der Waals surface area (Å²) >= 11 is 0. The third-order valence-electron chi connectivity index (χ3n) is 4.39. The van der Waals surface area contributed by atoms with E-state index in [1.54, 1.807) is 42.5 Å². The molecule has 2 aromatic carbocycles. The number of likely N-dealkylation sites (N-methyl/N-ethyl adjacent to an activating group) is 1. The molecule has 1 atom stereocenters. The van der Waals surface area contributed by atoms with Gasteiger partial charge in [0, 0.05) is 12.5 Å². The normalized spacial score (nSPS) is 13.1. The van der Waals surface area contributed by atoms with Gasteiger partial charge < -0.3 is 0 Å². The number of nitrogens with one attached hydrogen (secondary N) is 3. The zero-order valence-electron chi connectivity index (χ0n) is 18.3. The molecule has 10 nitrogen and oxygen atoms in total. The topological polar surface area (TPSA) is 142 Å². The minimum Gasteiger partial charge on any atom is -0.272 e. The smallest absolute Gasteiger partial charge is 0.256 e. The lowest BCUT2D eigenvalue weighted by molar-refractivity contribution is -0.129. The summed E-state index contributed by atoms with van der Waals surface area (Å²) in [6.45, 7) is 2.55. The first kappa shape index (κ1) is 26.2. The quantitative estimate of drug-likeness (QED) is 0.439. The van der Waals surface area contributed by atoms with Gasteiger partial charge in [0.15, 0.2) is 0 Å². The number of carbonyl (C=O) groups excluding carboxylic acids is 2. The van der Waals surface area contributed by atoms with Crippen LogP contribution in [-0.2, 0) is 29.6 Å². The minimum atomic E-state index is -3.93. The Kier molecular flexibility index (Phi) is 8.88. The van der Waals surface area contributed by atoms with Gasteiger partial charge >= 0.3 is 0 Å². The van der Waals surface area contributed by atoms with E-state index in [0.29, 0.717) is 5.56 Å². The Hall–Kier alpha value is -3.06. The van der Waals surface area contributed by atoms with Crippen molar-refractivity contribution in [3.63, 3.8) is 0 Å². The van der Waals surface area contributed by atoms with E-state index in [1.807, 2.05) is 6.92 Å². The van der Waals surface area contributed by atoms with Gasteiger partial charge in [-0.15, -0.1) is 0 Å². The second-order valence-corrected chi connectivity index (χ2v) is 10.9. The number of hydrogen-bond acceptors (Lipinski definition) is 6. The highest BCUT2D eigenvalue weighted by Gasteiger charge is 2.24. The molecule has 0 fully saturated rings. The molecule has 0 aliphatic rings.